The first kappa shape index (κ1) is 14.5. The van der Waals surface area contributed by atoms with Gasteiger partial charge in [-0.15, -0.1) is 0 Å². The monoisotopic (exact) mass is 242 g/mol. The maximum atomic E-state index is 11.7. The second-order valence-corrected chi connectivity index (χ2v) is 5.46. The topological polar surface area (TPSA) is 52.6 Å². The summed E-state index contributed by atoms with van der Waals surface area (Å²) in [5, 5.41) is 12.1. The largest absolute Gasteiger partial charge is 0.396 e. The first-order chi connectivity index (χ1) is 8.11. The predicted octanol–water partition coefficient (Wildman–Crippen LogP) is 0.853. The molecule has 1 amide bonds. The number of nitrogens with one attached hydrogen (secondary N) is 1. The molecule has 17 heavy (non-hydrogen) atoms. The number of piperidine rings is 1. The summed E-state index contributed by atoms with van der Waals surface area (Å²) in [5.41, 5.74) is 0. The number of hydrogen-bond acceptors (Lipinski definition) is 3. The van der Waals surface area contributed by atoms with Crippen LogP contribution in [0.4, 0.5) is 0 Å². The normalized spacial score (nSPS) is 21.8. The zero-order chi connectivity index (χ0) is 12.7. The van der Waals surface area contributed by atoms with Crippen LogP contribution >= 0.6 is 0 Å². The highest BCUT2D eigenvalue weighted by Crippen LogP contribution is 2.15. The molecule has 0 saturated carbocycles. The molecule has 4 nitrogen and oxygen atoms in total. The Hall–Kier alpha value is -0.610. The summed E-state index contributed by atoms with van der Waals surface area (Å²) >= 11 is 0. The Morgan fingerprint density at radius 2 is 2.29 bits per heavy atom. The molecule has 1 fully saturated rings. The third-order valence-corrected chi connectivity index (χ3v) is 3.27. The van der Waals surface area contributed by atoms with Crippen molar-refractivity contribution in [2.75, 3.05) is 32.8 Å². The molecular formula is C13H26N2O2. The van der Waals surface area contributed by atoms with Gasteiger partial charge in [-0.3, -0.25) is 9.69 Å². The summed E-state index contributed by atoms with van der Waals surface area (Å²) in [5.74, 6) is 1.10. The minimum atomic E-state index is 0.115. The standard InChI is InChI=1S/C13H26N2O2/c1-11(2)5-6-14-13(17)9-15-7-3-4-12(8-15)10-16/h11-12,16H,3-10H2,1-2H3,(H,14,17). The Morgan fingerprint density at radius 1 is 1.53 bits per heavy atom. The number of rotatable bonds is 6. The predicted molar refractivity (Wildman–Crippen MR) is 68.7 cm³/mol. The highest BCUT2D eigenvalue weighted by atomic mass is 16.3. The third kappa shape index (κ3) is 6.03. The first-order valence-electron chi connectivity index (χ1n) is 6.71. The van der Waals surface area contributed by atoms with Gasteiger partial charge in [0.2, 0.25) is 5.91 Å². The summed E-state index contributed by atoms with van der Waals surface area (Å²) in [6.07, 6.45) is 3.21. The number of likely N-dealkylation sites (tertiary alicyclic amines) is 1. The number of carbonyl (C=O) groups excluding carboxylic acids is 1. The number of nitrogens with zero attached hydrogens (tertiary/aromatic N) is 1. The van der Waals surface area contributed by atoms with Crippen molar-refractivity contribution >= 4 is 5.91 Å². The van der Waals surface area contributed by atoms with Gasteiger partial charge in [0.05, 0.1) is 6.54 Å². The van der Waals surface area contributed by atoms with Gasteiger partial charge in [0.25, 0.3) is 0 Å². The molecule has 2 N–H and O–H groups in total. The van der Waals surface area contributed by atoms with Crippen LogP contribution in [-0.2, 0) is 4.79 Å². The van der Waals surface area contributed by atoms with Gasteiger partial charge in [-0.2, -0.15) is 0 Å². The van der Waals surface area contributed by atoms with Crippen molar-refractivity contribution in [3.05, 3.63) is 0 Å². The summed E-state index contributed by atoms with van der Waals surface area (Å²) in [4.78, 5) is 13.8. The van der Waals surface area contributed by atoms with E-state index in [9.17, 15) is 4.79 Å². The van der Waals surface area contributed by atoms with Crippen molar-refractivity contribution < 1.29 is 9.90 Å². The third-order valence-electron chi connectivity index (χ3n) is 3.27. The van der Waals surface area contributed by atoms with Crippen LogP contribution in [0, 0.1) is 11.8 Å². The number of amides is 1. The molecule has 0 aromatic carbocycles. The van der Waals surface area contributed by atoms with E-state index in [1.165, 1.54) is 0 Å². The van der Waals surface area contributed by atoms with Crippen LogP contribution in [0.15, 0.2) is 0 Å². The molecular weight excluding hydrogens is 216 g/mol. The van der Waals surface area contributed by atoms with E-state index >= 15 is 0 Å². The van der Waals surface area contributed by atoms with Crippen LogP contribution in [0.1, 0.15) is 33.1 Å². The molecule has 0 aliphatic carbocycles. The molecule has 0 bridgehead atoms. The Kier molecular flexibility index (Phi) is 6.52. The van der Waals surface area contributed by atoms with Crippen LogP contribution < -0.4 is 5.32 Å². The zero-order valence-corrected chi connectivity index (χ0v) is 11.1. The molecule has 1 heterocycles. The van der Waals surface area contributed by atoms with Gasteiger partial charge in [-0.1, -0.05) is 13.8 Å². The van der Waals surface area contributed by atoms with E-state index in [0.717, 1.165) is 38.9 Å². The molecule has 100 valence electrons. The van der Waals surface area contributed by atoms with Gasteiger partial charge >= 0.3 is 0 Å². The number of hydrogen-bond donors (Lipinski definition) is 2. The first-order valence-corrected chi connectivity index (χ1v) is 6.71. The Morgan fingerprint density at radius 3 is 2.94 bits per heavy atom. The van der Waals surface area contributed by atoms with E-state index in [1.807, 2.05) is 0 Å². The van der Waals surface area contributed by atoms with Crippen molar-refractivity contribution in [2.45, 2.75) is 33.1 Å². The minimum Gasteiger partial charge on any atom is -0.396 e. The molecule has 0 aromatic rings. The molecule has 1 saturated heterocycles. The Bertz CT molecular complexity index is 231. The molecule has 1 aliphatic rings. The molecule has 1 rings (SSSR count). The smallest absolute Gasteiger partial charge is 0.234 e. The lowest BCUT2D eigenvalue weighted by Gasteiger charge is -2.31. The van der Waals surface area contributed by atoms with E-state index in [2.05, 4.69) is 24.1 Å². The lowest BCUT2D eigenvalue weighted by Crippen LogP contribution is -2.43. The van der Waals surface area contributed by atoms with E-state index in [0.29, 0.717) is 18.4 Å². The summed E-state index contributed by atoms with van der Waals surface area (Å²) in [6.45, 7) is 7.64. The molecule has 0 spiro atoms. The quantitative estimate of drug-likeness (QED) is 0.726. The van der Waals surface area contributed by atoms with E-state index in [-0.39, 0.29) is 12.5 Å². The van der Waals surface area contributed by atoms with Crippen molar-refractivity contribution in [1.29, 1.82) is 0 Å². The van der Waals surface area contributed by atoms with Gasteiger partial charge in [-0.25, -0.2) is 0 Å². The van der Waals surface area contributed by atoms with E-state index in [4.69, 9.17) is 5.11 Å². The van der Waals surface area contributed by atoms with Gasteiger partial charge in [-0.05, 0) is 37.6 Å². The van der Waals surface area contributed by atoms with E-state index in [1.54, 1.807) is 0 Å². The molecule has 0 radical (unpaired) electrons. The summed E-state index contributed by atoms with van der Waals surface area (Å²) in [7, 11) is 0. The van der Waals surface area contributed by atoms with Crippen molar-refractivity contribution in [2.24, 2.45) is 11.8 Å². The van der Waals surface area contributed by atoms with Crippen LogP contribution in [0.2, 0.25) is 0 Å². The fourth-order valence-electron chi connectivity index (χ4n) is 2.20. The maximum absolute atomic E-state index is 11.7. The molecule has 0 aromatic heterocycles. The highest BCUT2D eigenvalue weighted by Gasteiger charge is 2.20. The van der Waals surface area contributed by atoms with Crippen LogP contribution in [-0.4, -0.2) is 48.7 Å². The average molecular weight is 242 g/mol. The van der Waals surface area contributed by atoms with E-state index < -0.39 is 0 Å². The zero-order valence-electron chi connectivity index (χ0n) is 11.1. The van der Waals surface area contributed by atoms with Crippen molar-refractivity contribution in [3.63, 3.8) is 0 Å². The van der Waals surface area contributed by atoms with Gasteiger partial charge < -0.3 is 10.4 Å². The number of aliphatic hydroxyl groups excluding tert-OH is 1. The lowest BCUT2D eigenvalue weighted by molar-refractivity contribution is -0.122. The fraction of sp³-hybridized carbons (Fsp3) is 0.923. The van der Waals surface area contributed by atoms with Crippen molar-refractivity contribution in [1.82, 2.24) is 10.2 Å². The minimum absolute atomic E-state index is 0.115. The molecule has 1 unspecified atom stereocenters. The summed E-state index contributed by atoms with van der Waals surface area (Å²) < 4.78 is 0. The Balaban J connectivity index is 2.17. The van der Waals surface area contributed by atoms with Crippen LogP contribution in [0.25, 0.3) is 0 Å². The lowest BCUT2D eigenvalue weighted by atomic mass is 9.99. The number of aliphatic hydroxyl groups is 1. The molecule has 1 aliphatic heterocycles. The van der Waals surface area contributed by atoms with Gasteiger partial charge in [0.15, 0.2) is 0 Å². The summed E-state index contributed by atoms with van der Waals surface area (Å²) in [6, 6.07) is 0. The van der Waals surface area contributed by atoms with Crippen molar-refractivity contribution in [3.8, 4) is 0 Å². The average Bonchev–Trinajstić information content (AvgIpc) is 2.28. The SMILES string of the molecule is CC(C)CCNC(=O)CN1CCCC(CO)C1. The number of carbonyl (C=O) groups is 1. The van der Waals surface area contributed by atoms with Gasteiger partial charge in [0, 0.05) is 19.7 Å². The molecule has 1 atom stereocenters. The molecule has 4 heteroatoms. The second kappa shape index (κ2) is 7.67. The highest BCUT2D eigenvalue weighted by molar-refractivity contribution is 5.77. The second-order valence-electron chi connectivity index (χ2n) is 5.46. The van der Waals surface area contributed by atoms with Gasteiger partial charge in [0.1, 0.15) is 0 Å². The van der Waals surface area contributed by atoms with Crippen LogP contribution in [0.5, 0.6) is 0 Å². The maximum Gasteiger partial charge on any atom is 0.234 e. The van der Waals surface area contributed by atoms with Crippen LogP contribution in [0.3, 0.4) is 0 Å². The Labute approximate surface area is 104 Å². The fourth-order valence-corrected chi connectivity index (χ4v) is 2.20.